The number of ether oxygens (including phenoxy) is 1. The normalized spacial score (nSPS) is 26.6. The molecule has 4 atom stereocenters. The van der Waals surface area contributed by atoms with Crippen molar-refractivity contribution in [2.45, 2.75) is 77.0 Å². The standard InChI is InChI=1S/C25H29F5O/c1-2-3-4-15-5-6-17-12-18(8-7-16(17)11-15)19-9-10-21-20(13-19)14-22(26)23(27)24(21)31-25(28,29)30/h9-10,13-18H,2-8,11-12H2,1H3. The van der Waals surface area contributed by atoms with Gasteiger partial charge in [-0.25, -0.2) is 4.39 Å². The van der Waals surface area contributed by atoms with Gasteiger partial charge in [0, 0.05) is 5.39 Å². The van der Waals surface area contributed by atoms with Crippen molar-refractivity contribution in [1.82, 2.24) is 0 Å². The van der Waals surface area contributed by atoms with E-state index in [4.69, 9.17) is 0 Å². The summed E-state index contributed by atoms with van der Waals surface area (Å²) in [5.41, 5.74) is 0.989. The van der Waals surface area contributed by atoms with Crippen molar-refractivity contribution < 1.29 is 26.7 Å². The third-order valence-electron chi connectivity index (χ3n) is 7.39. The maximum absolute atomic E-state index is 14.0. The van der Waals surface area contributed by atoms with Crippen LogP contribution in [0.1, 0.15) is 76.2 Å². The molecule has 0 N–H and O–H groups in total. The van der Waals surface area contributed by atoms with Crippen LogP contribution < -0.4 is 4.74 Å². The fourth-order valence-corrected chi connectivity index (χ4v) is 5.85. The van der Waals surface area contributed by atoms with Gasteiger partial charge in [-0.2, -0.15) is 4.39 Å². The summed E-state index contributed by atoms with van der Waals surface area (Å²) in [4.78, 5) is 0. The Kier molecular flexibility index (Phi) is 6.45. The minimum atomic E-state index is -5.09. The van der Waals surface area contributed by atoms with Gasteiger partial charge < -0.3 is 4.74 Å². The molecule has 2 aromatic rings. The number of halogens is 5. The van der Waals surface area contributed by atoms with Gasteiger partial charge in [0.25, 0.3) is 0 Å². The highest BCUT2D eigenvalue weighted by Crippen LogP contribution is 2.49. The minimum absolute atomic E-state index is 0.0647. The van der Waals surface area contributed by atoms with Gasteiger partial charge >= 0.3 is 6.36 Å². The maximum Gasteiger partial charge on any atom is 0.573 e. The lowest BCUT2D eigenvalue weighted by atomic mass is 9.63. The van der Waals surface area contributed by atoms with Gasteiger partial charge in [-0.1, -0.05) is 50.8 Å². The van der Waals surface area contributed by atoms with Crippen LogP contribution in [0.25, 0.3) is 10.8 Å². The number of fused-ring (bicyclic) bond motifs is 2. The predicted molar refractivity (Wildman–Crippen MR) is 111 cm³/mol. The number of alkyl halides is 3. The van der Waals surface area contributed by atoms with Crippen LogP contribution >= 0.6 is 0 Å². The summed E-state index contributed by atoms with van der Waals surface area (Å²) in [6, 6.07) is 5.85. The van der Waals surface area contributed by atoms with Crippen molar-refractivity contribution >= 4 is 10.8 Å². The molecule has 2 fully saturated rings. The SMILES string of the molecule is CCCCC1CCC2CC(c3ccc4c(OC(F)(F)F)c(F)c(F)cc4c3)CCC2C1. The lowest BCUT2D eigenvalue weighted by Gasteiger charge is -2.42. The van der Waals surface area contributed by atoms with Crippen molar-refractivity contribution in [3.8, 4) is 5.75 Å². The monoisotopic (exact) mass is 440 g/mol. The Morgan fingerprint density at radius 2 is 1.71 bits per heavy atom. The molecule has 1 nitrogen and oxygen atoms in total. The van der Waals surface area contributed by atoms with Crippen LogP contribution in [0, 0.1) is 29.4 Å². The second kappa shape index (κ2) is 8.95. The highest BCUT2D eigenvalue weighted by atomic mass is 19.4. The molecule has 0 saturated heterocycles. The summed E-state index contributed by atoms with van der Waals surface area (Å²) < 4.78 is 69.9. The van der Waals surface area contributed by atoms with Crippen LogP contribution in [0.5, 0.6) is 5.75 Å². The van der Waals surface area contributed by atoms with Gasteiger partial charge in [-0.3, -0.25) is 0 Å². The Hall–Kier alpha value is -1.85. The zero-order valence-electron chi connectivity index (χ0n) is 17.8. The first-order valence-corrected chi connectivity index (χ1v) is 11.4. The molecule has 2 aliphatic rings. The lowest BCUT2D eigenvalue weighted by molar-refractivity contribution is -0.275. The molecule has 2 saturated carbocycles. The number of unbranched alkanes of at least 4 members (excludes halogenated alkanes) is 1. The van der Waals surface area contributed by atoms with E-state index < -0.39 is 23.7 Å². The summed E-state index contributed by atoms with van der Waals surface area (Å²) in [5.74, 6) is -1.44. The highest BCUT2D eigenvalue weighted by Gasteiger charge is 2.37. The first-order valence-electron chi connectivity index (χ1n) is 11.4. The largest absolute Gasteiger partial charge is 0.573 e. The second-order valence-electron chi connectivity index (χ2n) is 9.38. The first kappa shape index (κ1) is 22.3. The van der Waals surface area contributed by atoms with Crippen LogP contribution in [0.2, 0.25) is 0 Å². The molecule has 31 heavy (non-hydrogen) atoms. The lowest BCUT2D eigenvalue weighted by Crippen LogP contribution is -2.30. The van der Waals surface area contributed by atoms with Crippen LogP contribution in [0.4, 0.5) is 22.0 Å². The number of hydrogen-bond donors (Lipinski definition) is 0. The summed E-state index contributed by atoms with van der Waals surface area (Å²) in [7, 11) is 0. The summed E-state index contributed by atoms with van der Waals surface area (Å²) in [6.45, 7) is 2.23. The predicted octanol–water partition coefficient (Wildman–Crippen LogP) is 8.51. The average molecular weight is 440 g/mol. The highest BCUT2D eigenvalue weighted by molar-refractivity contribution is 5.89. The Morgan fingerprint density at radius 1 is 0.968 bits per heavy atom. The van der Waals surface area contributed by atoms with E-state index in [1.165, 1.54) is 44.6 Å². The van der Waals surface area contributed by atoms with Crippen LogP contribution in [-0.2, 0) is 0 Å². The maximum atomic E-state index is 14.0. The Balaban J connectivity index is 1.53. The molecule has 0 radical (unpaired) electrons. The molecule has 4 rings (SSSR count). The summed E-state index contributed by atoms with van der Waals surface area (Å²) >= 11 is 0. The van der Waals surface area contributed by atoms with Crippen molar-refractivity contribution in [1.29, 1.82) is 0 Å². The Morgan fingerprint density at radius 3 is 2.45 bits per heavy atom. The van der Waals surface area contributed by atoms with Crippen molar-refractivity contribution in [3.05, 3.63) is 41.5 Å². The summed E-state index contributed by atoms with van der Waals surface area (Å²) in [6.07, 6.45) is 5.89. The van der Waals surface area contributed by atoms with Crippen molar-refractivity contribution in [2.24, 2.45) is 17.8 Å². The van der Waals surface area contributed by atoms with Gasteiger partial charge in [0.2, 0.25) is 5.82 Å². The minimum Gasteiger partial charge on any atom is -0.402 e. The molecule has 0 spiro atoms. The smallest absolute Gasteiger partial charge is 0.402 e. The Labute approximate surface area is 180 Å². The van der Waals surface area contributed by atoms with E-state index in [0.717, 1.165) is 42.7 Å². The van der Waals surface area contributed by atoms with E-state index >= 15 is 0 Å². The van der Waals surface area contributed by atoms with Gasteiger partial charge in [-0.15, -0.1) is 13.2 Å². The molecule has 0 heterocycles. The topological polar surface area (TPSA) is 9.23 Å². The van der Waals surface area contributed by atoms with Crippen molar-refractivity contribution in [2.75, 3.05) is 0 Å². The van der Waals surface area contributed by atoms with E-state index in [1.54, 1.807) is 12.1 Å². The molecule has 170 valence electrons. The molecule has 0 amide bonds. The second-order valence-corrected chi connectivity index (χ2v) is 9.38. The molecular formula is C25H29F5O. The van der Waals surface area contributed by atoms with E-state index in [2.05, 4.69) is 11.7 Å². The van der Waals surface area contributed by atoms with Crippen LogP contribution in [-0.4, -0.2) is 6.36 Å². The fourth-order valence-electron chi connectivity index (χ4n) is 5.85. The molecule has 2 aliphatic carbocycles. The Bertz CT molecular complexity index is 922. The third kappa shape index (κ3) is 4.98. The van der Waals surface area contributed by atoms with E-state index in [1.807, 2.05) is 0 Å². The van der Waals surface area contributed by atoms with Crippen LogP contribution in [0.3, 0.4) is 0 Å². The molecule has 4 unspecified atom stereocenters. The van der Waals surface area contributed by atoms with Gasteiger partial charge in [0.05, 0.1) is 0 Å². The third-order valence-corrected chi connectivity index (χ3v) is 7.39. The zero-order chi connectivity index (χ0) is 22.2. The number of hydrogen-bond acceptors (Lipinski definition) is 1. The zero-order valence-corrected chi connectivity index (χ0v) is 17.8. The molecule has 0 aliphatic heterocycles. The quantitative estimate of drug-likeness (QED) is 0.424. The van der Waals surface area contributed by atoms with E-state index in [0.29, 0.717) is 11.8 Å². The molecule has 6 heteroatoms. The molecular weight excluding hydrogens is 411 g/mol. The van der Waals surface area contributed by atoms with Crippen LogP contribution in [0.15, 0.2) is 24.3 Å². The van der Waals surface area contributed by atoms with Crippen molar-refractivity contribution in [3.63, 3.8) is 0 Å². The average Bonchev–Trinajstić information content (AvgIpc) is 2.73. The van der Waals surface area contributed by atoms with Gasteiger partial charge in [0.15, 0.2) is 11.6 Å². The van der Waals surface area contributed by atoms with Gasteiger partial charge in [0.1, 0.15) is 0 Å². The van der Waals surface area contributed by atoms with Gasteiger partial charge in [-0.05, 0) is 72.8 Å². The first-order chi connectivity index (χ1) is 14.7. The van der Waals surface area contributed by atoms with E-state index in [-0.39, 0.29) is 10.8 Å². The summed E-state index contributed by atoms with van der Waals surface area (Å²) in [5, 5.41) is 0.172. The molecule has 0 aromatic heterocycles. The number of rotatable bonds is 5. The molecule has 2 aromatic carbocycles. The van der Waals surface area contributed by atoms with E-state index in [9.17, 15) is 22.0 Å². The molecule has 0 bridgehead atoms. The fraction of sp³-hybridized carbons (Fsp3) is 0.600. The number of benzene rings is 2.